The molecule has 0 amide bonds. The smallest absolute Gasteiger partial charge is 0.147 e. The molecule has 1 aliphatic heterocycles. The summed E-state index contributed by atoms with van der Waals surface area (Å²) in [5.74, 6) is 0. The molecule has 0 N–H and O–H groups in total. The lowest BCUT2D eigenvalue weighted by molar-refractivity contribution is -0.113. The maximum Gasteiger partial charge on any atom is 0.147 e. The van der Waals surface area contributed by atoms with Crippen molar-refractivity contribution in [2.45, 2.75) is 26.1 Å². The number of rotatable bonds is 1. The van der Waals surface area contributed by atoms with Crippen LogP contribution in [0.25, 0.3) is 0 Å². The van der Waals surface area contributed by atoms with E-state index in [1.54, 1.807) is 0 Å². The van der Waals surface area contributed by atoms with Crippen molar-refractivity contribution in [3.63, 3.8) is 0 Å². The Kier molecular flexibility index (Phi) is 4.26. The monoisotopic (exact) mass is 255 g/mol. The fraction of sp³-hybridized carbons (Fsp3) is 0.538. The average Bonchev–Trinajstić information content (AvgIpc) is 2.27. The van der Waals surface area contributed by atoms with Gasteiger partial charge >= 0.3 is 0 Å². The second-order valence-corrected chi connectivity index (χ2v) is 4.89. The van der Waals surface area contributed by atoms with Gasteiger partial charge in [-0.3, -0.25) is 0 Å². The van der Waals surface area contributed by atoms with Gasteiger partial charge in [0.15, 0.2) is 0 Å². The Balaban J connectivity index is 2.12. The summed E-state index contributed by atoms with van der Waals surface area (Å²) in [4.78, 5) is 2.27. The number of ether oxygens (including phenoxy) is 2. The molecular weight excluding hydrogens is 238 g/mol. The Morgan fingerprint density at radius 3 is 2.12 bits per heavy atom. The third kappa shape index (κ3) is 3.60. The molecule has 1 aliphatic rings. The molecule has 0 aromatic heterocycles. The summed E-state index contributed by atoms with van der Waals surface area (Å²) in [5.41, 5.74) is 1.15. The fourth-order valence-corrected chi connectivity index (χ4v) is 2.06. The van der Waals surface area contributed by atoms with Gasteiger partial charge in [0.25, 0.3) is 0 Å². The van der Waals surface area contributed by atoms with Gasteiger partial charge in [-0.2, -0.15) is 0 Å². The minimum absolute atomic E-state index is 0.165. The van der Waals surface area contributed by atoms with Gasteiger partial charge in [-0.1, -0.05) is 11.6 Å². The number of halogens is 1. The van der Waals surface area contributed by atoms with E-state index in [4.69, 9.17) is 21.1 Å². The molecule has 0 unspecified atom stereocenters. The summed E-state index contributed by atoms with van der Waals surface area (Å²) < 4.78 is 11.1. The molecule has 1 aromatic carbocycles. The van der Waals surface area contributed by atoms with Crippen molar-refractivity contribution in [1.82, 2.24) is 0 Å². The van der Waals surface area contributed by atoms with Crippen molar-refractivity contribution in [3.8, 4) is 0 Å². The molecule has 1 saturated heterocycles. The molecule has 0 radical (unpaired) electrons. The molecule has 0 bridgehead atoms. The summed E-state index contributed by atoms with van der Waals surface area (Å²) >= 11 is 5.90. The van der Waals surface area contributed by atoms with Crippen molar-refractivity contribution >= 4 is 17.3 Å². The first-order valence-electron chi connectivity index (χ1n) is 5.89. The summed E-state index contributed by atoms with van der Waals surface area (Å²) in [6, 6.07) is 7.88. The van der Waals surface area contributed by atoms with Gasteiger partial charge in [0.05, 0.1) is 12.2 Å². The molecule has 1 aromatic rings. The van der Waals surface area contributed by atoms with E-state index in [1.165, 1.54) is 0 Å². The number of hydrogen-bond donors (Lipinski definition) is 0. The predicted molar refractivity (Wildman–Crippen MR) is 69.6 cm³/mol. The van der Waals surface area contributed by atoms with Gasteiger partial charge in [0, 0.05) is 23.8 Å². The minimum atomic E-state index is 0.165. The number of benzene rings is 1. The van der Waals surface area contributed by atoms with Crippen LogP contribution in [-0.2, 0) is 9.47 Å². The lowest BCUT2D eigenvalue weighted by Gasteiger charge is -2.33. The van der Waals surface area contributed by atoms with E-state index in [1.807, 2.05) is 24.3 Å². The third-order valence-corrected chi connectivity index (χ3v) is 3.10. The summed E-state index contributed by atoms with van der Waals surface area (Å²) in [6.45, 7) is 6.24. The highest BCUT2D eigenvalue weighted by molar-refractivity contribution is 6.30. The van der Waals surface area contributed by atoms with Gasteiger partial charge in [-0.05, 0) is 38.1 Å². The van der Waals surface area contributed by atoms with Crippen molar-refractivity contribution in [2.24, 2.45) is 0 Å². The van der Waals surface area contributed by atoms with Crippen molar-refractivity contribution in [1.29, 1.82) is 0 Å². The highest BCUT2D eigenvalue weighted by Crippen LogP contribution is 2.20. The molecule has 3 nitrogen and oxygen atoms in total. The molecule has 0 spiro atoms. The maximum atomic E-state index is 5.90. The summed E-state index contributed by atoms with van der Waals surface area (Å²) in [6.07, 6.45) is 0.330. The van der Waals surface area contributed by atoms with E-state index in [0.29, 0.717) is 6.79 Å². The van der Waals surface area contributed by atoms with Crippen LogP contribution in [0.4, 0.5) is 5.69 Å². The molecule has 2 rings (SSSR count). The predicted octanol–water partition coefficient (Wildman–Crippen LogP) is 2.93. The van der Waals surface area contributed by atoms with E-state index in [-0.39, 0.29) is 12.2 Å². The Morgan fingerprint density at radius 1 is 1.06 bits per heavy atom. The number of hydrogen-bond acceptors (Lipinski definition) is 3. The molecule has 0 aliphatic carbocycles. The average molecular weight is 256 g/mol. The fourth-order valence-electron chi connectivity index (χ4n) is 1.93. The van der Waals surface area contributed by atoms with Crippen LogP contribution in [0.5, 0.6) is 0 Å². The highest BCUT2D eigenvalue weighted by Gasteiger charge is 2.18. The third-order valence-electron chi connectivity index (χ3n) is 2.85. The van der Waals surface area contributed by atoms with Crippen LogP contribution in [0.3, 0.4) is 0 Å². The Bertz CT molecular complexity index is 343. The van der Waals surface area contributed by atoms with E-state index < -0.39 is 0 Å². The van der Waals surface area contributed by atoms with Crippen LogP contribution in [0.15, 0.2) is 24.3 Å². The molecule has 94 valence electrons. The SMILES string of the molecule is C[C@@H]1CN(c2ccc(Cl)cc2)C[C@H](C)OCO1. The lowest BCUT2D eigenvalue weighted by atomic mass is 10.2. The largest absolute Gasteiger partial charge is 0.366 e. The van der Waals surface area contributed by atoms with Gasteiger partial charge in [0.2, 0.25) is 0 Å². The van der Waals surface area contributed by atoms with Gasteiger partial charge in [-0.15, -0.1) is 0 Å². The summed E-state index contributed by atoms with van der Waals surface area (Å²) in [7, 11) is 0. The first-order valence-corrected chi connectivity index (χ1v) is 6.26. The maximum absolute atomic E-state index is 5.90. The summed E-state index contributed by atoms with van der Waals surface area (Å²) in [5, 5.41) is 0.759. The zero-order valence-corrected chi connectivity index (χ0v) is 11.0. The van der Waals surface area contributed by atoms with Crippen LogP contribution in [-0.4, -0.2) is 32.1 Å². The standard InChI is InChI=1S/C13H18ClNO2/c1-10-7-15(8-11(2)17-9-16-10)13-5-3-12(14)4-6-13/h3-6,10-11H,7-9H2,1-2H3/t10-,11+. The first kappa shape index (κ1) is 12.7. The topological polar surface area (TPSA) is 21.7 Å². The zero-order valence-electron chi connectivity index (χ0n) is 10.2. The zero-order chi connectivity index (χ0) is 12.3. The molecule has 0 saturated carbocycles. The van der Waals surface area contributed by atoms with E-state index >= 15 is 0 Å². The van der Waals surface area contributed by atoms with E-state index in [9.17, 15) is 0 Å². The van der Waals surface area contributed by atoms with Gasteiger partial charge in [-0.25, -0.2) is 0 Å². The Hall–Kier alpha value is -0.770. The van der Waals surface area contributed by atoms with Gasteiger partial charge < -0.3 is 14.4 Å². The molecule has 4 heteroatoms. The first-order chi connectivity index (χ1) is 8.15. The molecule has 1 heterocycles. The number of nitrogens with zero attached hydrogens (tertiary/aromatic N) is 1. The molecule has 2 atom stereocenters. The van der Waals surface area contributed by atoms with Crippen LogP contribution >= 0.6 is 11.6 Å². The van der Waals surface area contributed by atoms with Crippen molar-refractivity contribution < 1.29 is 9.47 Å². The minimum Gasteiger partial charge on any atom is -0.366 e. The van der Waals surface area contributed by atoms with Crippen molar-refractivity contribution in [3.05, 3.63) is 29.3 Å². The van der Waals surface area contributed by atoms with E-state index in [0.717, 1.165) is 23.8 Å². The highest BCUT2D eigenvalue weighted by atomic mass is 35.5. The Labute approximate surface area is 107 Å². The lowest BCUT2D eigenvalue weighted by Crippen LogP contribution is -2.41. The van der Waals surface area contributed by atoms with Crippen LogP contribution in [0.2, 0.25) is 5.02 Å². The van der Waals surface area contributed by atoms with Crippen LogP contribution < -0.4 is 4.90 Å². The van der Waals surface area contributed by atoms with E-state index in [2.05, 4.69) is 18.7 Å². The Morgan fingerprint density at radius 2 is 1.59 bits per heavy atom. The normalized spacial score (nSPS) is 26.4. The second-order valence-electron chi connectivity index (χ2n) is 4.45. The van der Waals surface area contributed by atoms with Crippen LogP contribution in [0.1, 0.15) is 13.8 Å². The second kappa shape index (κ2) is 5.71. The van der Waals surface area contributed by atoms with Crippen LogP contribution in [0, 0.1) is 0 Å². The van der Waals surface area contributed by atoms with Gasteiger partial charge in [0.1, 0.15) is 6.79 Å². The number of anilines is 1. The molecule has 17 heavy (non-hydrogen) atoms. The quantitative estimate of drug-likeness (QED) is 0.770. The van der Waals surface area contributed by atoms with Crippen molar-refractivity contribution in [2.75, 3.05) is 24.8 Å². The molecule has 1 fully saturated rings. The molecular formula is C13H18ClNO2.